The number of benzene rings is 1. The predicted molar refractivity (Wildman–Crippen MR) is 71.5 cm³/mol. The van der Waals surface area contributed by atoms with Crippen molar-refractivity contribution in [1.82, 2.24) is 10.2 Å². The first-order valence-corrected chi connectivity index (χ1v) is 6.10. The van der Waals surface area contributed by atoms with Crippen LogP contribution in [0.25, 0.3) is 0 Å². The first kappa shape index (κ1) is 12.4. The Bertz CT molecular complexity index is 519. The van der Waals surface area contributed by atoms with Gasteiger partial charge in [-0.3, -0.25) is 9.89 Å². The Labute approximate surface area is 106 Å². The van der Waals surface area contributed by atoms with E-state index in [0.717, 1.165) is 17.5 Å². The zero-order valence-corrected chi connectivity index (χ0v) is 10.6. The van der Waals surface area contributed by atoms with Gasteiger partial charge in [-0.25, -0.2) is 0 Å². The van der Waals surface area contributed by atoms with E-state index in [-0.39, 0.29) is 11.8 Å². The second-order valence-electron chi connectivity index (χ2n) is 4.25. The molecule has 1 amide bonds. The van der Waals surface area contributed by atoms with Gasteiger partial charge in [-0.05, 0) is 18.9 Å². The summed E-state index contributed by atoms with van der Waals surface area (Å²) in [4.78, 5) is 12.1. The molecule has 1 unspecified atom stereocenters. The molecule has 1 aromatic heterocycles. The number of amides is 1. The van der Waals surface area contributed by atoms with Crippen LogP contribution in [0.15, 0.2) is 36.5 Å². The van der Waals surface area contributed by atoms with Crippen LogP contribution in [0.5, 0.6) is 0 Å². The highest BCUT2D eigenvalue weighted by Gasteiger charge is 2.16. The number of hydrogen-bond acceptors (Lipinski definition) is 2. The molecule has 0 fully saturated rings. The van der Waals surface area contributed by atoms with Crippen molar-refractivity contribution in [3.05, 3.63) is 47.7 Å². The fourth-order valence-corrected chi connectivity index (χ4v) is 1.81. The van der Waals surface area contributed by atoms with Crippen molar-refractivity contribution in [2.75, 3.05) is 5.32 Å². The van der Waals surface area contributed by atoms with Gasteiger partial charge in [0.15, 0.2) is 0 Å². The molecule has 2 aromatic rings. The van der Waals surface area contributed by atoms with E-state index in [1.807, 2.05) is 44.2 Å². The van der Waals surface area contributed by atoms with Crippen LogP contribution in [0.1, 0.15) is 30.9 Å². The standard InChI is InChI=1S/C14H17N3O/c1-3-11-9-15-17-13(11)16-14(18)10(2)12-7-5-4-6-8-12/h4-10H,3H2,1-2H3,(H2,15,16,17,18). The fraction of sp³-hybridized carbons (Fsp3) is 0.286. The van der Waals surface area contributed by atoms with Crippen molar-refractivity contribution in [2.45, 2.75) is 26.2 Å². The molecule has 2 rings (SSSR count). The predicted octanol–water partition coefficient (Wildman–Crippen LogP) is 2.71. The van der Waals surface area contributed by atoms with Crippen molar-refractivity contribution in [2.24, 2.45) is 0 Å². The zero-order valence-electron chi connectivity index (χ0n) is 10.6. The molecule has 4 nitrogen and oxygen atoms in total. The quantitative estimate of drug-likeness (QED) is 0.867. The Morgan fingerprint density at radius 3 is 2.78 bits per heavy atom. The third kappa shape index (κ3) is 2.59. The summed E-state index contributed by atoms with van der Waals surface area (Å²) in [6, 6.07) is 9.73. The van der Waals surface area contributed by atoms with Crippen LogP contribution in [0.2, 0.25) is 0 Å². The first-order valence-electron chi connectivity index (χ1n) is 6.10. The lowest BCUT2D eigenvalue weighted by atomic mass is 10.0. The van der Waals surface area contributed by atoms with E-state index in [2.05, 4.69) is 15.5 Å². The van der Waals surface area contributed by atoms with Gasteiger partial charge in [0.05, 0.1) is 12.1 Å². The molecule has 1 heterocycles. The summed E-state index contributed by atoms with van der Waals surface area (Å²) in [6.45, 7) is 3.92. The molecular formula is C14H17N3O. The molecule has 0 aliphatic carbocycles. The summed E-state index contributed by atoms with van der Waals surface area (Å²) in [5, 5.41) is 9.63. The summed E-state index contributed by atoms with van der Waals surface area (Å²) in [7, 11) is 0. The Morgan fingerprint density at radius 2 is 2.11 bits per heavy atom. The van der Waals surface area contributed by atoms with Gasteiger partial charge in [0, 0.05) is 5.56 Å². The molecule has 1 atom stereocenters. The molecule has 18 heavy (non-hydrogen) atoms. The largest absolute Gasteiger partial charge is 0.310 e. The van der Waals surface area contributed by atoms with Gasteiger partial charge in [-0.1, -0.05) is 37.3 Å². The zero-order chi connectivity index (χ0) is 13.0. The number of aryl methyl sites for hydroxylation is 1. The molecule has 0 radical (unpaired) electrons. The monoisotopic (exact) mass is 243 g/mol. The third-order valence-electron chi connectivity index (χ3n) is 3.04. The second-order valence-corrected chi connectivity index (χ2v) is 4.25. The van der Waals surface area contributed by atoms with Crippen molar-refractivity contribution >= 4 is 11.7 Å². The molecule has 0 spiro atoms. The average molecular weight is 243 g/mol. The molecule has 0 bridgehead atoms. The SMILES string of the molecule is CCc1cn[nH]c1NC(=O)C(C)c1ccccc1. The molecule has 0 saturated carbocycles. The Hall–Kier alpha value is -2.10. The minimum Gasteiger partial charge on any atom is -0.310 e. The van der Waals surface area contributed by atoms with Gasteiger partial charge >= 0.3 is 0 Å². The summed E-state index contributed by atoms with van der Waals surface area (Å²) >= 11 is 0. The van der Waals surface area contributed by atoms with Crippen LogP contribution in [0.3, 0.4) is 0 Å². The number of nitrogens with one attached hydrogen (secondary N) is 2. The number of nitrogens with zero attached hydrogens (tertiary/aromatic N) is 1. The van der Waals surface area contributed by atoms with Crippen LogP contribution in [-0.2, 0) is 11.2 Å². The number of rotatable bonds is 4. The summed E-state index contributed by atoms with van der Waals surface area (Å²) in [6.07, 6.45) is 2.58. The maximum atomic E-state index is 12.1. The maximum Gasteiger partial charge on any atom is 0.232 e. The van der Waals surface area contributed by atoms with Gasteiger partial charge in [-0.15, -0.1) is 0 Å². The average Bonchev–Trinajstić information content (AvgIpc) is 2.86. The second kappa shape index (κ2) is 5.49. The van der Waals surface area contributed by atoms with Crippen molar-refractivity contribution in [1.29, 1.82) is 0 Å². The summed E-state index contributed by atoms with van der Waals surface area (Å²) < 4.78 is 0. The highest BCUT2D eigenvalue weighted by atomic mass is 16.1. The van der Waals surface area contributed by atoms with E-state index in [1.165, 1.54) is 0 Å². The first-order chi connectivity index (χ1) is 8.72. The fourth-order valence-electron chi connectivity index (χ4n) is 1.81. The van der Waals surface area contributed by atoms with Crippen LogP contribution in [-0.4, -0.2) is 16.1 Å². The molecule has 0 aliphatic heterocycles. The van der Waals surface area contributed by atoms with E-state index in [1.54, 1.807) is 6.20 Å². The molecule has 4 heteroatoms. The normalized spacial score (nSPS) is 12.1. The molecular weight excluding hydrogens is 226 g/mol. The topological polar surface area (TPSA) is 57.8 Å². The lowest BCUT2D eigenvalue weighted by Gasteiger charge is -2.12. The minimum absolute atomic E-state index is 0.0276. The highest BCUT2D eigenvalue weighted by molar-refractivity contribution is 5.95. The van der Waals surface area contributed by atoms with Crippen molar-refractivity contribution in [3.63, 3.8) is 0 Å². The lowest BCUT2D eigenvalue weighted by Crippen LogP contribution is -2.19. The van der Waals surface area contributed by atoms with Gasteiger partial charge in [0.2, 0.25) is 5.91 Å². The molecule has 94 valence electrons. The third-order valence-corrected chi connectivity index (χ3v) is 3.04. The molecule has 2 N–H and O–H groups in total. The number of anilines is 1. The van der Waals surface area contributed by atoms with Gasteiger partial charge < -0.3 is 5.32 Å². The Morgan fingerprint density at radius 1 is 1.39 bits per heavy atom. The van der Waals surface area contributed by atoms with Crippen LogP contribution >= 0.6 is 0 Å². The summed E-state index contributed by atoms with van der Waals surface area (Å²) in [5.41, 5.74) is 2.02. The van der Waals surface area contributed by atoms with E-state index < -0.39 is 0 Å². The highest BCUT2D eigenvalue weighted by Crippen LogP contribution is 2.18. The molecule has 1 aromatic carbocycles. The van der Waals surface area contributed by atoms with E-state index in [0.29, 0.717) is 5.82 Å². The lowest BCUT2D eigenvalue weighted by molar-refractivity contribution is -0.117. The minimum atomic E-state index is -0.181. The summed E-state index contributed by atoms with van der Waals surface area (Å²) in [5.74, 6) is 0.490. The number of hydrogen-bond donors (Lipinski definition) is 2. The van der Waals surface area contributed by atoms with Gasteiger partial charge in [-0.2, -0.15) is 5.10 Å². The number of carbonyl (C=O) groups excluding carboxylic acids is 1. The van der Waals surface area contributed by atoms with Crippen LogP contribution in [0.4, 0.5) is 5.82 Å². The van der Waals surface area contributed by atoms with Crippen LogP contribution < -0.4 is 5.32 Å². The smallest absolute Gasteiger partial charge is 0.232 e. The van der Waals surface area contributed by atoms with Gasteiger partial charge in [0.1, 0.15) is 5.82 Å². The molecule has 0 aliphatic rings. The van der Waals surface area contributed by atoms with Crippen molar-refractivity contribution in [3.8, 4) is 0 Å². The van der Waals surface area contributed by atoms with Crippen LogP contribution in [0, 0.1) is 0 Å². The van der Waals surface area contributed by atoms with E-state index in [4.69, 9.17) is 0 Å². The maximum absolute atomic E-state index is 12.1. The number of aromatic amines is 1. The molecule has 0 saturated heterocycles. The Kier molecular flexibility index (Phi) is 3.77. The number of H-pyrrole nitrogens is 1. The number of carbonyl (C=O) groups is 1. The van der Waals surface area contributed by atoms with Gasteiger partial charge in [0.25, 0.3) is 0 Å². The Balaban J connectivity index is 2.09. The van der Waals surface area contributed by atoms with E-state index in [9.17, 15) is 4.79 Å². The number of aromatic nitrogens is 2. The van der Waals surface area contributed by atoms with E-state index >= 15 is 0 Å². The van der Waals surface area contributed by atoms with Crippen molar-refractivity contribution < 1.29 is 4.79 Å².